The Morgan fingerprint density at radius 3 is 2.68 bits per heavy atom. The Balaban J connectivity index is 1.65. The summed E-state index contributed by atoms with van der Waals surface area (Å²) in [6.07, 6.45) is 2.21. The van der Waals surface area contributed by atoms with E-state index in [9.17, 15) is 9.59 Å². The molecule has 3 rings (SSSR count). The predicted octanol–water partition coefficient (Wildman–Crippen LogP) is 3.42. The number of carbonyl (C=O) groups is 2. The lowest BCUT2D eigenvalue weighted by Crippen LogP contribution is -2.43. The van der Waals surface area contributed by atoms with Gasteiger partial charge in [0, 0.05) is 19.0 Å². The zero-order valence-corrected chi connectivity index (χ0v) is 13.5. The fourth-order valence-electron chi connectivity index (χ4n) is 3.19. The van der Waals surface area contributed by atoms with Crippen molar-refractivity contribution >= 4 is 35.1 Å². The maximum absolute atomic E-state index is 12.5. The Hall–Kier alpha value is -1.26. The zero-order chi connectivity index (χ0) is 15.9. The van der Waals surface area contributed by atoms with Crippen LogP contribution in [0.15, 0.2) is 18.2 Å². The van der Waals surface area contributed by atoms with Gasteiger partial charge in [0.15, 0.2) is 0 Å². The van der Waals surface area contributed by atoms with Crippen molar-refractivity contribution in [3.05, 3.63) is 33.8 Å². The predicted molar refractivity (Wildman–Crippen MR) is 84.2 cm³/mol. The number of nitrogens with zero attached hydrogens (tertiary/aromatic N) is 1. The van der Waals surface area contributed by atoms with Crippen molar-refractivity contribution in [3.8, 4) is 0 Å². The van der Waals surface area contributed by atoms with Crippen LogP contribution >= 0.6 is 23.2 Å². The van der Waals surface area contributed by atoms with E-state index in [1.54, 1.807) is 11.0 Å². The monoisotopic (exact) mass is 341 g/mol. The van der Waals surface area contributed by atoms with Crippen molar-refractivity contribution in [2.24, 2.45) is 11.8 Å². The summed E-state index contributed by atoms with van der Waals surface area (Å²) in [7, 11) is 0. The molecule has 4 nitrogen and oxygen atoms in total. The molecule has 118 valence electrons. The minimum atomic E-state index is -0.811. The molecule has 0 bridgehead atoms. The number of likely N-dealkylation sites (tertiary alicyclic amines) is 1. The molecular weight excluding hydrogens is 325 g/mol. The Morgan fingerprint density at radius 2 is 2.00 bits per heavy atom. The molecule has 1 heterocycles. The number of carboxylic acids is 1. The summed E-state index contributed by atoms with van der Waals surface area (Å²) in [4.78, 5) is 25.3. The van der Waals surface area contributed by atoms with E-state index >= 15 is 0 Å². The van der Waals surface area contributed by atoms with Crippen LogP contribution in [0.5, 0.6) is 0 Å². The van der Waals surface area contributed by atoms with Gasteiger partial charge in [0.1, 0.15) is 0 Å². The van der Waals surface area contributed by atoms with E-state index in [2.05, 4.69) is 0 Å². The van der Waals surface area contributed by atoms with E-state index < -0.39 is 11.9 Å². The highest BCUT2D eigenvalue weighted by Crippen LogP contribution is 2.49. The highest BCUT2D eigenvalue weighted by Gasteiger charge is 2.46. The highest BCUT2D eigenvalue weighted by atomic mass is 35.5. The molecule has 3 atom stereocenters. The molecule has 0 radical (unpaired) electrons. The molecule has 0 unspecified atom stereocenters. The van der Waals surface area contributed by atoms with Crippen LogP contribution in [-0.4, -0.2) is 35.0 Å². The van der Waals surface area contributed by atoms with E-state index in [0.717, 1.165) is 18.4 Å². The van der Waals surface area contributed by atoms with Gasteiger partial charge in [0.05, 0.1) is 16.0 Å². The summed E-state index contributed by atoms with van der Waals surface area (Å²) in [6, 6.07) is 5.47. The Kier molecular flexibility index (Phi) is 4.33. The summed E-state index contributed by atoms with van der Waals surface area (Å²) in [6.45, 7) is 0.992. The van der Waals surface area contributed by atoms with Crippen molar-refractivity contribution in [1.82, 2.24) is 4.90 Å². The van der Waals surface area contributed by atoms with Gasteiger partial charge in [-0.3, -0.25) is 9.59 Å². The second kappa shape index (κ2) is 6.09. The molecule has 1 aromatic rings. The van der Waals surface area contributed by atoms with Crippen LogP contribution in [0, 0.1) is 11.8 Å². The maximum atomic E-state index is 12.5. The van der Waals surface area contributed by atoms with E-state index in [4.69, 9.17) is 28.3 Å². The van der Waals surface area contributed by atoms with Gasteiger partial charge in [0.25, 0.3) is 0 Å². The van der Waals surface area contributed by atoms with E-state index in [0.29, 0.717) is 29.6 Å². The third-order valence-corrected chi connectivity index (χ3v) is 5.30. The van der Waals surface area contributed by atoms with E-state index in [1.165, 1.54) is 0 Å². The second-order valence-corrected chi connectivity index (χ2v) is 6.90. The molecule has 2 aliphatic rings. The van der Waals surface area contributed by atoms with E-state index in [-0.39, 0.29) is 17.7 Å². The zero-order valence-electron chi connectivity index (χ0n) is 12.0. The number of benzene rings is 1. The smallest absolute Gasteiger partial charge is 0.308 e. The van der Waals surface area contributed by atoms with Gasteiger partial charge in [-0.25, -0.2) is 0 Å². The number of hydrogen-bond donors (Lipinski definition) is 1. The van der Waals surface area contributed by atoms with Gasteiger partial charge in [-0.05, 0) is 42.9 Å². The third-order valence-electron chi connectivity index (χ3n) is 4.56. The maximum Gasteiger partial charge on any atom is 0.308 e. The average Bonchev–Trinajstić information content (AvgIpc) is 3.30. The number of aliphatic carboxylic acids is 1. The third kappa shape index (κ3) is 3.08. The van der Waals surface area contributed by atoms with Crippen LogP contribution in [0.2, 0.25) is 10.0 Å². The number of carboxylic acid groups (broad SMARTS) is 1. The van der Waals surface area contributed by atoms with E-state index in [1.807, 2.05) is 12.1 Å². The second-order valence-electron chi connectivity index (χ2n) is 6.08. The lowest BCUT2D eigenvalue weighted by molar-refractivity contribution is -0.146. The van der Waals surface area contributed by atoms with Gasteiger partial charge in [0.2, 0.25) is 5.91 Å². The highest BCUT2D eigenvalue weighted by molar-refractivity contribution is 6.42. The van der Waals surface area contributed by atoms with Crippen molar-refractivity contribution in [2.75, 3.05) is 13.1 Å². The average molecular weight is 342 g/mol. The number of piperidine rings is 1. The molecule has 1 saturated heterocycles. The van der Waals surface area contributed by atoms with Crippen molar-refractivity contribution in [2.45, 2.75) is 25.2 Å². The summed E-state index contributed by atoms with van der Waals surface area (Å²) >= 11 is 11.9. The lowest BCUT2D eigenvalue weighted by Gasteiger charge is -2.31. The Bertz CT molecular complexity index is 619. The van der Waals surface area contributed by atoms with Crippen molar-refractivity contribution in [3.63, 3.8) is 0 Å². The first-order chi connectivity index (χ1) is 10.5. The lowest BCUT2D eigenvalue weighted by atomic mass is 9.97. The number of amides is 1. The fourth-order valence-corrected chi connectivity index (χ4v) is 3.50. The molecule has 1 aliphatic carbocycles. The number of rotatable bonds is 3. The Morgan fingerprint density at radius 1 is 1.23 bits per heavy atom. The molecule has 0 aromatic heterocycles. The first-order valence-corrected chi connectivity index (χ1v) is 8.19. The quantitative estimate of drug-likeness (QED) is 0.916. The molecule has 1 aliphatic heterocycles. The Labute approximate surface area is 139 Å². The summed E-state index contributed by atoms with van der Waals surface area (Å²) < 4.78 is 0. The first-order valence-electron chi connectivity index (χ1n) is 7.44. The van der Waals surface area contributed by atoms with Gasteiger partial charge in [-0.1, -0.05) is 29.3 Å². The summed E-state index contributed by atoms with van der Waals surface area (Å²) in [5.41, 5.74) is 1.03. The minimum absolute atomic E-state index is 0.0511. The normalized spacial score (nSPS) is 27.5. The molecule has 2 fully saturated rings. The number of halogens is 2. The van der Waals surface area contributed by atoms with Crippen LogP contribution in [0.3, 0.4) is 0 Å². The van der Waals surface area contributed by atoms with Crippen molar-refractivity contribution in [1.29, 1.82) is 0 Å². The van der Waals surface area contributed by atoms with Crippen molar-refractivity contribution < 1.29 is 14.7 Å². The molecule has 1 N–H and O–H groups in total. The van der Waals surface area contributed by atoms with Gasteiger partial charge in [-0.15, -0.1) is 0 Å². The largest absolute Gasteiger partial charge is 0.481 e. The standard InChI is InChI=1S/C16H17Cl2NO3/c17-13-4-3-9(6-14(13)18)11-7-12(11)15(20)19-5-1-2-10(8-19)16(21)22/h3-4,6,10-12H,1-2,5,7-8H2,(H,21,22)/t10-,11-,12-/m1/s1. The van der Waals surface area contributed by atoms with Crippen LogP contribution in [0.1, 0.15) is 30.7 Å². The molecule has 6 heteroatoms. The summed E-state index contributed by atoms with van der Waals surface area (Å²) in [5.74, 6) is -1.05. The van der Waals surface area contributed by atoms with Gasteiger partial charge in [-0.2, -0.15) is 0 Å². The molecular formula is C16H17Cl2NO3. The first kappa shape index (κ1) is 15.6. The number of hydrogen-bond acceptors (Lipinski definition) is 2. The van der Waals surface area contributed by atoms with Crippen LogP contribution in [-0.2, 0) is 9.59 Å². The summed E-state index contributed by atoms with van der Waals surface area (Å²) in [5, 5.41) is 10.1. The van der Waals surface area contributed by atoms with Crippen LogP contribution in [0.25, 0.3) is 0 Å². The molecule has 0 spiro atoms. The minimum Gasteiger partial charge on any atom is -0.481 e. The number of carbonyl (C=O) groups excluding carboxylic acids is 1. The fraction of sp³-hybridized carbons (Fsp3) is 0.500. The molecule has 1 amide bonds. The van der Waals surface area contributed by atoms with Gasteiger partial charge >= 0.3 is 5.97 Å². The topological polar surface area (TPSA) is 57.6 Å². The molecule has 1 saturated carbocycles. The van der Waals surface area contributed by atoms with Crippen LogP contribution in [0.4, 0.5) is 0 Å². The van der Waals surface area contributed by atoms with Gasteiger partial charge < -0.3 is 10.0 Å². The molecule has 22 heavy (non-hydrogen) atoms. The molecule has 1 aromatic carbocycles. The SMILES string of the molecule is O=C(O)[C@@H]1CCCN(C(=O)[C@@H]2C[C@@H]2c2ccc(Cl)c(Cl)c2)C1. The van der Waals surface area contributed by atoms with Crippen LogP contribution < -0.4 is 0 Å².